The van der Waals surface area contributed by atoms with Crippen molar-refractivity contribution in [3.05, 3.63) is 46.3 Å². The van der Waals surface area contributed by atoms with Gasteiger partial charge in [0.25, 0.3) is 5.91 Å². The zero-order valence-corrected chi connectivity index (χ0v) is 12.7. The van der Waals surface area contributed by atoms with Crippen LogP contribution in [0.3, 0.4) is 0 Å². The van der Waals surface area contributed by atoms with Crippen LogP contribution in [0.1, 0.15) is 36.7 Å². The van der Waals surface area contributed by atoms with Crippen molar-refractivity contribution in [1.29, 1.82) is 0 Å². The van der Waals surface area contributed by atoms with E-state index in [2.05, 4.69) is 12.2 Å². The second-order valence-electron chi connectivity index (χ2n) is 5.35. The lowest BCUT2D eigenvalue weighted by molar-refractivity contribution is 0.0915. The van der Waals surface area contributed by atoms with Gasteiger partial charge in [-0.3, -0.25) is 9.59 Å². The molecule has 0 aliphatic heterocycles. The summed E-state index contributed by atoms with van der Waals surface area (Å²) >= 11 is 0. The lowest BCUT2D eigenvalue weighted by Crippen LogP contribution is -2.30. The molecule has 1 aromatic carbocycles. The first-order chi connectivity index (χ1) is 10.7. The topological polar surface area (TPSA) is 79.5 Å². The molecule has 0 aliphatic rings. The number of hydrogen-bond donors (Lipinski definition) is 2. The van der Waals surface area contributed by atoms with E-state index in [1.54, 1.807) is 24.3 Å². The average molecular weight is 303 g/mol. The standard InChI is InChI=1S/C17H21NO4/c1-2-5-12(8-9-19)11-18-17(21)16-10-14(20)13-6-3-4-7-15(13)22-16/h3-4,6-7,10,12,19H,2,5,8-9,11H2,1H3,(H,18,21). The number of benzene rings is 1. The molecule has 118 valence electrons. The van der Waals surface area contributed by atoms with Gasteiger partial charge in [-0.05, 0) is 30.9 Å². The molecule has 0 bridgehead atoms. The van der Waals surface area contributed by atoms with Crippen LogP contribution in [-0.2, 0) is 0 Å². The van der Waals surface area contributed by atoms with Crippen molar-refractivity contribution in [2.75, 3.05) is 13.2 Å². The molecule has 0 aliphatic carbocycles. The Morgan fingerprint density at radius 3 is 2.82 bits per heavy atom. The third-order valence-corrected chi connectivity index (χ3v) is 3.64. The van der Waals surface area contributed by atoms with Crippen molar-refractivity contribution in [3.8, 4) is 0 Å². The molecule has 1 unspecified atom stereocenters. The van der Waals surface area contributed by atoms with E-state index in [0.717, 1.165) is 12.8 Å². The van der Waals surface area contributed by atoms with E-state index in [4.69, 9.17) is 9.52 Å². The normalized spacial score (nSPS) is 12.3. The summed E-state index contributed by atoms with van der Waals surface area (Å²) < 4.78 is 5.50. The number of hydrogen-bond acceptors (Lipinski definition) is 4. The van der Waals surface area contributed by atoms with Crippen LogP contribution in [0.15, 0.2) is 39.5 Å². The second kappa shape index (κ2) is 7.75. The van der Waals surface area contributed by atoms with Gasteiger partial charge < -0.3 is 14.8 Å². The lowest BCUT2D eigenvalue weighted by Gasteiger charge is -2.15. The Morgan fingerprint density at radius 1 is 1.32 bits per heavy atom. The van der Waals surface area contributed by atoms with Crippen LogP contribution in [0.25, 0.3) is 11.0 Å². The van der Waals surface area contributed by atoms with Crippen molar-refractivity contribution >= 4 is 16.9 Å². The fourth-order valence-corrected chi connectivity index (χ4v) is 2.48. The van der Waals surface area contributed by atoms with Crippen molar-refractivity contribution in [1.82, 2.24) is 5.32 Å². The van der Waals surface area contributed by atoms with Gasteiger partial charge in [-0.15, -0.1) is 0 Å². The Hall–Kier alpha value is -2.14. The maximum absolute atomic E-state index is 12.1. The minimum atomic E-state index is -0.401. The predicted octanol–water partition coefficient (Wildman–Crippen LogP) is 2.32. The zero-order valence-electron chi connectivity index (χ0n) is 12.7. The van der Waals surface area contributed by atoms with Crippen LogP contribution in [0.4, 0.5) is 0 Å². The summed E-state index contributed by atoms with van der Waals surface area (Å²) in [7, 11) is 0. The third kappa shape index (κ3) is 3.95. The fraction of sp³-hybridized carbons (Fsp3) is 0.412. The lowest BCUT2D eigenvalue weighted by atomic mass is 10.0. The molecule has 1 amide bonds. The molecular formula is C17H21NO4. The molecule has 0 saturated carbocycles. The van der Waals surface area contributed by atoms with Gasteiger partial charge in [-0.1, -0.05) is 25.5 Å². The highest BCUT2D eigenvalue weighted by Crippen LogP contribution is 2.13. The zero-order chi connectivity index (χ0) is 15.9. The van der Waals surface area contributed by atoms with E-state index in [9.17, 15) is 9.59 Å². The van der Waals surface area contributed by atoms with Crippen LogP contribution in [0.2, 0.25) is 0 Å². The predicted molar refractivity (Wildman–Crippen MR) is 84.9 cm³/mol. The van der Waals surface area contributed by atoms with Gasteiger partial charge in [0.15, 0.2) is 11.2 Å². The number of aliphatic hydroxyl groups excluding tert-OH is 1. The number of para-hydroxylation sites is 1. The van der Waals surface area contributed by atoms with Crippen LogP contribution >= 0.6 is 0 Å². The van der Waals surface area contributed by atoms with Crippen molar-refractivity contribution in [2.45, 2.75) is 26.2 Å². The molecule has 1 atom stereocenters. The van der Waals surface area contributed by atoms with Crippen LogP contribution in [-0.4, -0.2) is 24.2 Å². The maximum Gasteiger partial charge on any atom is 0.287 e. The minimum absolute atomic E-state index is 0.0166. The Morgan fingerprint density at radius 2 is 2.09 bits per heavy atom. The molecular weight excluding hydrogens is 282 g/mol. The maximum atomic E-state index is 12.1. The molecule has 5 heteroatoms. The first-order valence-electron chi connectivity index (χ1n) is 7.57. The van der Waals surface area contributed by atoms with E-state index < -0.39 is 5.91 Å². The third-order valence-electron chi connectivity index (χ3n) is 3.64. The van der Waals surface area contributed by atoms with Crippen LogP contribution < -0.4 is 10.7 Å². The van der Waals surface area contributed by atoms with Crippen molar-refractivity contribution in [2.24, 2.45) is 5.92 Å². The summed E-state index contributed by atoms with van der Waals surface area (Å²) in [4.78, 5) is 24.1. The molecule has 0 radical (unpaired) electrons. The first kappa shape index (κ1) is 16.2. The molecule has 0 saturated heterocycles. The summed E-state index contributed by atoms with van der Waals surface area (Å²) in [6.45, 7) is 2.63. The number of fused-ring (bicyclic) bond motifs is 1. The van der Waals surface area contributed by atoms with Crippen LogP contribution in [0.5, 0.6) is 0 Å². The van der Waals surface area contributed by atoms with E-state index in [1.807, 2.05) is 0 Å². The molecule has 2 rings (SSSR count). The highest BCUT2D eigenvalue weighted by Gasteiger charge is 2.14. The Bertz CT molecular complexity index is 686. The summed E-state index contributed by atoms with van der Waals surface area (Å²) in [6, 6.07) is 8.06. The monoisotopic (exact) mass is 303 g/mol. The molecule has 2 N–H and O–H groups in total. The average Bonchev–Trinajstić information content (AvgIpc) is 2.52. The number of carbonyl (C=O) groups is 1. The van der Waals surface area contributed by atoms with E-state index in [-0.39, 0.29) is 23.7 Å². The quantitative estimate of drug-likeness (QED) is 0.822. The Kier molecular flexibility index (Phi) is 5.72. The highest BCUT2D eigenvalue weighted by molar-refractivity contribution is 5.93. The van der Waals surface area contributed by atoms with Gasteiger partial charge in [0.1, 0.15) is 5.58 Å². The molecule has 5 nitrogen and oxygen atoms in total. The van der Waals surface area contributed by atoms with E-state index >= 15 is 0 Å². The van der Waals surface area contributed by atoms with Gasteiger partial charge in [0.2, 0.25) is 0 Å². The Balaban J connectivity index is 2.11. The highest BCUT2D eigenvalue weighted by atomic mass is 16.3. The molecule has 22 heavy (non-hydrogen) atoms. The van der Waals surface area contributed by atoms with Crippen molar-refractivity contribution < 1.29 is 14.3 Å². The van der Waals surface area contributed by atoms with E-state index in [0.29, 0.717) is 23.9 Å². The number of rotatable bonds is 7. The number of nitrogens with one attached hydrogen (secondary N) is 1. The number of amides is 1. The molecule has 2 aromatic rings. The summed E-state index contributed by atoms with van der Waals surface area (Å²) in [5, 5.41) is 12.3. The summed E-state index contributed by atoms with van der Waals surface area (Å²) in [5.74, 6) is -0.157. The molecule has 1 aromatic heterocycles. The molecule has 1 heterocycles. The summed E-state index contributed by atoms with van der Waals surface area (Å²) in [6.07, 6.45) is 2.57. The van der Waals surface area contributed by atoms with Gasteiger partial charge in [0, 0.05) is 19.2 Å². The van der Waals surface area contributed by atoms with Crippen molar-refractivity contribution in [3.63, 3.8) is 0 Å². The Labute approximate surface area is 129 Å². The number of aliphatic hydroxyl groups is 1. The second-order valence-corrected chi connectivity index (χ2v) is 5.35. The minimum Gasteiger partial charge on any atom is -0.451 e. The van der Waals surface area contributed by atoms with E-state index in [1.165, 1.54) is 6.07 Å². The molecule has 0 fully saturated rings. The van der Waals surface area contributed by atoms with Gasteiger partial charge in [-0.25, -0.2) is 0 Å². The largest absolute Gasteiger partial charge is 0.451 e. The SMILES string of the molecule is CCCC(CCO)CNC(=O)c1cc(=O)c2ccccc2o1. The summed E-state index contributed by atoms with van der Waals surface area (Å²) in [5.41, 5.74) is 0.174. The fourth-order valence-electron chi connectivity index (χ4n) is 2.48. The van der Waals surface area contributed by atoms with Gasteiger partial charge >= 0.3 is 0 Å². The smallest absolute Gasteiger partial charge is 0.287 e. The van der Waals surface area contributed by atoms with Gasteiger partial charge in [-0.2, -0.15) is 0 Å². The van der Waals surface area contributed by atoms with Gasteiger partial charge in [0.05, 0.1) is 5.39 Å². The first-order valence-corrected chi connectivity index (χ1v) is 7.57. The number of carbonyl (C=O) groups excluding carboxylic acids is 1. The molecule has 0 spiro atoms. The van der Waals surface area contributed by atoms with Crippen LogP contribution in [0, 0.1) is 5.92 Å².